The molecule has 0 bridgehead atoms. The highest BCUT2D eigenvalue weighted by Crippen LogP contribution is 2.36. The van der Waals surface area contributed by atoms with E-state index in [1.54, 1.807) is 0 Å². The second-order valence-electron chi connectivity index (χ2n) is 6.49. The van der Waals surface area contributed by atoms with Gasteiger partial charge in [-0.25, -0.2) is 0 Å². The number of hydrogen-bond acceptors (Lipinski definition) is 4. The van der Waals surface area contributed by atoms with Crippen LogP contribution in [-0.4, -0.2) is 43.1 Å². The Morgan fingerprint density at radius 1 is 1.14 bits per heavy atom. The quantitative estimate of drug-likeness (QED) is 0.840. The molecule has 4 nitrogen and oxygen atoms in total. The van der Waals surface area contributed by atoms with Crippen LogP contribution >= 0.6 is 0 Å². The van der Waals surface area contributed by atoms with Crippen molar-refractivity contribution in [1.29, 1.82) is 0 Å². The van der Waals surface area contributed by atoms with Crippen molar-refractivity contribution in [2.45, 2.75) is 45.8 Å². The van der Waals surface area contributed by atoms with Gasteiger partial charge < -0.3 is 19.3 Å². The van der Waals surface area contributed by atoms with E-state index in [1.807, 2.05) is 18.2 Å². The first-order valence-corrected chi connectivity index (χ1v) is 7.62. The molecule has 1 aliphatic rings. The lowest BCUT2D eigenvalue weighted by molar-refractivity contribution is 0.00578. The van der Waals surface area contributed by atoms with Crippen molar-refractivity contribution in [3.8, 4) is 0 Å². The van der Waals surface area contributed by atoms with Crippen molar-refractivity contribution in [2.75, 3.05) is 24.6 Å². The lowest BCUT2D eigenvalue weighted by Gasteiger charge is -2.32. The number of benzene rings is 1. The molecule has 1 N–H and O–H groups in total. The molecular formula is C16H26BNO3. The van der Waals surface area contributed by atoms with Gasteiger partial charge in [0.1, 0.15) is 0 Å². The Morgan fingerprint density at radius 2 is 1.76 bits per heavy atom. The minimum absolute atomic E-state index is 0.147. The molecule has 1 saturated heterocycles. The van der Waals surface area contributed by atoms with E-state index in [1.165, 1.54) is 0 Å². The van der Waals surface area contributed by atoms with Crippen LogP contribution in [0.3, 0.4) is 0 Å². The van der Waals surface area contributed by atoms with E-state index >= 15 is 0 Å². The summed E-state index contributed by atoms with van der Waals surface area (Å²) in [5.74, 6) is 0. The van der Waals surface area contributed by atoms with Gasteiger partial charge in [0.2, 0.25) is 0 Å². The highest BCUT2D eigenvalue weighted by Gasteiger charge is 2.51. The SMILES string of the molecule is CCN(CCO)c1cccc(B2OC(C)(C)C(C)(C)O2)c1. The second-order valence-corrected chi connectivity index (χ2v) is 6.49. The van der Waals surface area contributed by atoms with E-state index in [2.05, 4.69) is 45.6 Å². The summed E-state index contributed by atoms with van der Waals surface area (Å²) in [5.41, 5.74) is 1.44. The molecule has 0 amide bonds. The molecule has 21 heavy (non-hydrogen) atoms. The third kappa shape index (κ3) is 3.25. The van der Waals surface area contributed by atoms with Gasteiger partial charge in [-0.15, -0.1) is 0 Å². The summed E-state index contributed by atoms with van der Waals surface area (Å²) < 4.78 is 12.2. The normalized spacial score (nSPS) is 19.8. The summed E-state index contributed by atoms with van der Waals surface area (Å²) in [6, 6.07) is 8.17. The number of anilines is 1. The molecule has 1 fully saturated rings. The molecule has 0 saturated carbocycles. The summed E-state index contributed by atoms with van der Waals surface area (Å²) in [5, 5.41) is 9.16. The van der Waals surface area contributed by atoms with Crippen LogP contribution in [0.15, 0.2) is 24.3 Å². The molecule has 1 heterocycles. The van der Waals surface area contributed by atoms with Crippen LogP contribution in [0.1, 0.15) is 34.6 Å². The second kappa shape index (κ2) is 5.99. The zero-order valence-corrected chi connectivity index (χ0v) is 13.7. The van der Waals surface area contributed by atoms with Crippen molar-refractivity contribution in [1.82, 2.24) is 0 Å². The molecule has 1 aliphatic heterocycles. The van der Waals surface area contributed by atoms with E-state index in [-0.39, 0.29) is 24.9 Å². The Morgan fingerprint density at radius 3 is 2.29 bits per heavy atom. The first-order valence-electron chi connectivity index (χ1n) is 7.62. The van der Waals surface area contributed by atoms with E-state index in [0.717, 1.165) is 17.7 Å². The third-order valence-electron chi connectivity index (χ3n) is 4.51. The number of aliphatic hydroxyl groups excluding tert-OH is 1. The van der Waals surface area contributed by atoms with Crippen LogP contribution in [0.4, 0.5) is 5.69 Å². The van der Waals surface area contributed by atoms with Gasteiger partial charge in [-0.3, -0.25) is 0 Å². The minimum atomic E-state index is -0.345. The lowest BCUT2D eigenvalue weighted by atomic mass is 9.79. The molecule has 0 aromatic heterocycles. The Bertz CT molecular complexity index is 474. The van der Waals surface area contributed by atoms with E-state index in [9.17, 15) is 0 Å². The van der Waals surface area contributed by atoms with Gasteiger partial charge in [-0.2, -0.15) is 0 Å². The Hall–Kier alpha value is -1.04. The summed E-state index contributed by atoms with van der Waals surface area (Å²) in [6.45, 7) is 11.9. The third-order valence-corrected chi connectivity index (χ3v) is 4.51. The zero-order valence-electron chi connectivity index (χ0n) is 13.7. The first-order chi connectivity index (χ1) is 9.80. The van der Waals surface area contributed by atoms with Crippen molar-refractivity contribution in [2.24, 2.45) is 0 Å². The van der Waals surface area contributed by atoms with Crippen LogP contribution < -0.4 is 10.4 Å². The topological polar surface area (TPSA) is 41.9 Å². The number of nitrogens with zero attached hydrogens (tertiary/aromatic N) is 1. The molecule has 0 radical (unpaired) electrons. The molecule has 0 unspecified atom stereocenters. The number of likely N-dealkylation sites (N-methyl/N-ethyl adjacent to an activating group) is 1. The molecule has 1 aromatic rings. The van der Waals surface area contributed by atoms with Crippen molar-refractivity contribution < 1.29 is 14.4 Å². The maximum absolute atomic E-state index is 9.16. The van der Waals surface area contributed by atoms with E-state index in [0.29, 0.717) is 6.54 Å². The van der Waals surface area contributed by atoms with Gasteiger partial charge in [0.05, 0.1) is 17.8 Å². The van der Waals surface area contributed by atoms with Gasteiger partial charge in [0.15, 0.2) is 0 Å². The molecule has 0 atom stereocenters. The van der Waals surface area contributed by atoms with Crippen LogP contribution in [-0.2, 0) is 9.31 Å². The largest absolute Gasteiger partial charge is 0.494 e. The Balaban J connectivity index is 2.23. The average Bonchev–Trinajstić information content (AvgIpc) is 2.65. The fraction of sp³-hybridized carbons (Fsp3) is 0.625. The summed E-state index contributed by atoms with van der Waals surface area (Å²) in [4.78, 5) is 2.13. The van der Waals surface area contributed by atoms with Crippen LogP contribution in [0.5, 0.6) is 0 Å². The van der Waals surface area contributed by atoms with Crippen molar-refractivity contribution in [3.63, 3.8) is 0 Å². The lowest BCUT2D eigenvalue weighted by Crippen LogP contribution is -2.41. The first kappa shape index (κ1) is 16.3. The minimum Gasteiger partial charge on any atom is -0.399 e. The maximum atomic E-state index is 9.16. The van der Waals surface area contributed by atoms with Gasteiger partial charge in [0, 0.05) is 18.8 Å². The fourth-order valence-corrected chi connectivity index (χ4v) is 2.44. The van der Waals surface area contributed by atoms with Crippen LogP contribution in [0, 0.1) is 0 Å². The smallest absolute Gasteiger partial charge is 0.399 e. The van der Waals surface area contributed by atoms with Crippen molar-refractivity contribution in [3.05, 3.63) is 24.3 Å². The summed E-state index contributed by atoms with van der Waals surface area (Å²) in [6.07, 6.45) is 0. The fourth-order valence-electron chi connectivity index (χ4n) is 2.44. The van der Waals surface area contributed by atoms with E-state index < -0.39 is 0 Å². The van der Waals surface area contributed by atoms with Crippen LogP contribution in [0.2, 0.25) is 0 Å². The Kier molecular flexibility index (Phi) is 4.66. The predicted octanol–water partition coefficient (Wildman–Crippen LogP) is 1.80. The molecule has 0 spiro atoms. The number of rotatable bonds is 5. The molecule has 5 heteroatoms. The monoisotopic (exact) mass is 291 g/mol. The van der Waals surface area contributed by atoms with Gasteiger partial charge >= 0.3 is 7.12 Å². The molecule has 0 aliphatic carbocycles. The summed E-state index contributed by atoms with van der Waals surface area (Å²) in [7, 11) is -0.345. The van der Waals surface area contributed by atoms with Gasteiger partial charge in [-0.05, 0) is 52.2 Å². The summed E-state index contributed by atoms with van der Waals surface area (Å²) >= 11 is 0. The average molecular weight is 291 g/mol. The highest BCUT2D eigenvalue weighted by molar-refractivity contribution is 6.62. The van der Waals surface area contributed by atoms with Gasteiger partial charge in [0.25, 0.3) is 0 Å². The predicted molar refractivity (Wildman–Crippen MR) is 87.1 cm³/mol. The van der Waals surface area contributed by atoms with Gasteiger partial charge in [-0.1, -0.05) is 12.1 Å². The zero-order chi connectivity index (χ0) is 15.7. The number of hydrogen-bond donors (Lipinski definition) is 1. The standard InChI is InChI=1S/C16H26BNO3/c1-6-18(10-11-19)14-9-7-8-13(12-14)17-20-15(2,3)16(4,5)21-17/h7-9,12,19H,6,10-11H2,1-5H3. The van der Waals surface area contributed by atoms with Crippen LogP contribution in [0.25, 0.3) is 0 Å². The molecule has 116 valence electrons. The Labute approximate surface area is 128 Å². The van der Waals surface area contributed by atoms with Crippen molar-refractivity contribution >= 4 is 18.3 Å². The number of aliphatic hydroxyl groups is 1. The molecule has 1 aromatic carbocycles. The van der Waals surface area contributed by atoms with E-state index in [4.69, 9.17) is 14.4 Å². The molecular weight excluding hydrogens is 265 g/mol. The maximum Gasteiger partial charge on any atom is 0.494 e. The molecule has 2 rings (SSSR count). The highest BCUT2D eigenvalue weighted by atomic mass is 16.7.